The zero-order valence-electron chi connectivity index (χ0n) is 17.9. The fourth-order valence-electron chi connectivity index (χ4n) is 4.02. The number of nitrogens with zero attached hydrogens (tertiary/aromatic N) is 3. The highest BCUT2D eigenvalue weighted by Gasteiger charge is 2.29. The summed E-state index contributed by atoms with van der Waals surface area (Å²) in [6.45, 7) is 1.76. The van der Waals surface area contributed by atoms with Gasteiger partial charge in [-0.1, -0.05) is 12.1 Å². The van der Waals surface area contributed by atoms with Gasteiger partial charge in [-0.3, -0.25) is 4.79 Å². The molecule has 0 unspecified atom stereocenters. The lowest BCUT2D eigenvalue weighted by Crippen LogP contribution is -2.51. The molecule has 1 amide bonds. The fourth-order valence-corrected chi connectivity index (χ4v) is 4.02. The largest absolute Gasteiger partial charge is 0.497 e. The number of hydrogen-bond donors (Lipinski definition) is 0. The van der Waals surface area contributed by atoms with Crippen LogP contribution in [-0.4, -0.2) is 54.8 Å². The minimum Gasteiger partial charge on any atom is -0.497 e. The zero-order valence-corrected chi connectivity index (χ0v) is 17.9. The Hall–Kier alpha value is -3.94. The highest BCUT2D eigenvalue weighted by atomic mass is 19.1. The second-order valence-electron chi connectivity index (χ2n) is 7.77. The molecule has 3 aromatic rings. The Morgan fingerprint density at radius 3 is 2.52 bits per heavy atom. The van der Waals surface area contributed by atoms with Crippen molar-refractivity contribution in [1.82, 2.24) is 9.80 Å². The van der Waals surface area contributed by atoms with Gasteiger partial charge in [0.25, 0.3) is 5.91 Å². The summed E-state index contributed by atoms with van der Waals surface area (Å²) >= 11 is 0. The number of aliphatic imine (C=N–C) groups is 1. The van der Waals surface area contributed by atoms with Gasteiger partial charge in [-0.25, -0.2) is 13.8 Å². The van der Waals surface area contributed by atoms with Gasteiger partial charge in [-0.15, -0.1) is 0 Å². The first-order valence-electron chi connectivity index (χ1n) is 10.6. The maximum absolute atomic E-state index is 14.1. The van der Waals surface area contributed by atoms with E-state index in [2.05, 4.69) is 4.90 Å². The number of amides is 1. The third kappa shape index (κ3) is 4.00. The van der Waals surface area contributed by atoms with Gasteiger partial charge in [-0.2, -0.15) is 0 Å². The summed E-state index contributed by atoms with van der Waals surface area (Å²) < 4.78 is 38.8. The Balaban J connectivity index is 1.42. The van der Waals surface area contributed by atoms with E-state index < -0.39 is 17.5 Å². The SMILES string of the molecule is COc1ccc2c(c1)Oc1ccccc1N=C2N1CCN(C(=O)c2ccc(F)cc2F)CC1. The Morgan fingerprint density at radius 1 is 0.970 bits per heavy atom. The number of para-hydroxylation sites is 2. The van der Waals surface area contributed by atoms with Crippen LogP contribution in [0.25, 0.3) is 0 Å². The van der Waals surface area contributed by atoms with Crippen LogP contribution in [0.4, 0.5) is 14.5 Å². The smallest absolute Gasteiger partial charge is 0.256 e. The summed E-state index contributed by atoms with van der Waals surface area (Å²) in [6, 6.07) is 16.1. The zero-order chi connectivity index (χ0) is 22.9. The lowest BCUT2D eigenvalue weighted by atomic mass is 10.1. The topological polar surface area (TPSA) is 54.4 Å². The molecule has 1 fully saturated rings. The van der Waals surface area contributed by atoms with Crippen molar-refractivity contribution in [2.45, 2.75) is 0 Å². The number of piperazine rings is 1. The molecule has 33 heavy (non-hydrogen) atoms. The van der Waals surface area contributed by atoms with E-state index in [1.807, 2.05) is 42.5 Å². The van der Waals surface area contributed by atoms with Crippen LogP contribution in [-0.2, 0) is 0 Å². The average Bonchev–Trinajstić information content (AvgIpc) is 3.00. The summed E-state index contributed by atoms with van der Waals surface area (Å²) in [7, 11) is 1.60. The molecule has 0 N–H and O–H groups in total. The molecule has 0 spiro atoms. The number of carbonyl (C=O) groups excluding carboxylic acids is 1. The van der Waals surface area contributed by atoms with Gasteiger partial charge in [0.15, 0.2) is 5.75 Å². The molecule has 2 aliphatic rings. The van der Waals surface area contributed by atoms with E-state index in [4.69, 9.17) is 14.5 Å². The number of methoxy groups -OCH3 is 1. The molecule has 8 heteroatoms. The highest BCUT2D eigenvalue weighted by Crippen LogP contribution is 2.39. The predicted octanol–water partition coefficient (Wildman–Crippen LogP) is 4.62. The van der Waals surface area contributed by atoms with Crippen molar-refractivity contribution in [3.8, 4) is 17.2 Å². The second kappa shape index (κ2) is 8.54. The molecule has 6 nitrogen and oxygen atoms in total. The van der Waals surface area contributed by atoms with Crippen molar-refractivity contribution in [2.75, 3.05) is 33.3 Å². The molecule has 0 aromatic heterocycles. The molecule has 0 bridgehead atoms. The normalized spacial score (nSPS) is 15.1. The number of amidine groups is 1. The van der Waals surface area contributed by atoms with Gasteiger partial charge < -0.3 is 19.3 Å². The number of fused-ring (bicyclic) bond motifs is 2. The summed E-state index contributed by atoms with van der Waals surface area (Å²) in [5.41, 5.74) is 1.39. The van der Waals surface area contributed by atoms with E-state index in [1.165, 1.54) is 6.07 Å². The van der Waals surface area contributed by atoms with E-state index in [0.29, 0.717) is 49.1 Å². The van der Waals surface area contributed by atoms with Crippen LogP contribution in [0.2, 0.25) is 0 Å². The number of benzene rings is 3. The van der Waals surface area contributed by atoms with Gasteiger partial charge in [0.05, 0.1) is 18.2 Å². The van der Waals surface area contributed by atoms with Gasteiger partial charge in [0.2, 0.25) is 0 Å². The van der Waals surface area contributed by atoms with E-state index in [-0.39, 0.29) is 5.56 Å². The minimum absolute atomic E-state index is 0.128. The van der Waals surface area contributed by atoms with Crippen LogP contribution in [0, 0.1) is 11.6 Å². The third-order valence-electron chi connectivity index (χ3n) is 5.77. The molecule has 2 heterocycles. The van der Waals surface area contributed by atoms with Gasteiger partial charge >= 0.3 is 0 Å². The number of hydrogen-bond acceptors (Lipinski definition) is 5. The summed E-state index contributed by atoms with van der Waals surface area (Å²) in [5, 5.41) is 0. The van der Waals surface area contributed by atoms with Crippen molar-refractivity contribution >= 4 is 17.4 Å². The van der Waals surface area contributed by atoms with Gasteiger partial charge in [0.1, 0.15) is 34.7 Å². The molecule has 168 valence electrons. The summed E-state index contributed by atoms with van der Waals surface area (Å²) in [4.78, 5) is 21.3. The lowest BCUT2D eigenvalue weighted by molar-refractivity contribution is 0.0687. The van der Waals surface area contributed by atoms with Gasteiger partial charge in [0, 0.05) is 38.3 Å². The number of halogens is 2. The molecule has 0 radical (unpaired) electrons. The quantitative estimate of drug-likeness (QED) is 0.573. The number of carbonyl (C=O) groups is 1. The Bertz CT molecular complexity index is 1250. The molecule has 1 saturated heterocycles. The van der Waals surface area contributed by atoms with Crippen LogP contribution >= 0.6 is 0 Å². The van der Waals surface area contributed by atoms with Gasteiger partial charge in [-0.05, 0) is 36.4 Å². The number of rotatable bonds is 2. The van der Waals surface area contributed by atoms with E-state index in [9.17, 15) is 13.6 Å². The van der Waals surface area contributed by atoms with Crippen LogP contribution in [0.1, 0.15) is 15.9 Å². The first kappa shape index (κ1) is 20.9. The van der Waals surface area contributed by atoms with E-state index in [1.54, 1.807) is 12.0 Å². The molecule has 2 aliphatic heterocycles. The third-order valence-corrected chi connectivity index (χ3v) is 5.77. The van der Waals surface area contributed by atoms with Crippen molar-refractivity contribution in [3.05, 3.63) is 83.4 Å². The van der Waals surface area contributed by atoms with E-state index in [0.717, 1.165) is 23.5 Å². The van der Waals surface area contributed by atoms with E-state index >= 15 is 0 Å². The first-order chi connectivity index (χ1) is 16.0. The molecule has 3 aromatic carbocycles. The molecule has 0 saturated carbocycles. The minimum atomic E-state index is -0.854. The maximum Gasteiger partial charge on any atom is 0.256 e. The van der Waals surface area contributed by atoms with Crippen LogP contribution in [0.3, 0.4) is 0 Å². The van der Waals surface area contributed by atoms with Crippen molar-refractivity contribution < 1.29 is 23.0 Å². The molecular weight excluding hydrogens is 428 g/mol. The monoisotopic (exact) mass is 449 g/mol. The predicted molar refractivity (Wildman–Crippen MR) is 120 cm³/mol. The molecule has 0 atom stereocenters. The molecule has 5 rings (SSSR count). The summed E-state index contributed by atoms with van der Waals surface area (Å²) in [5.74, 6) is 0.661. The Morgan fingerprint density at radius 2 is 1.76 bits per heavy atom. The Kier molecular flexibility index (Phi) is 5.42. The average molecular weight is 449 g/mol. The standard InChI is InChI=1S/C25H21F2N3O3/c1-32-17-7-9-19-23(15-17)33-22-5-3-2-4-21(22)28-24(19)29-10-12-30(13-11-29)25(31)18-8-6-16(26)14-20(18)27/h2-9,14-15H,10-13H2,1H3. The van der Waals surface area contributed by atoms with Crippen LogP contribution in [0.5, 0.6) is 17.2 Å². The summed E-state index contributed by atoms with van der Waals surface area (Å²) in [6.07, 6.45) is 0. The van der Waals surface area contributed by atoms with Crippen molar-refractivity contribution in [2.24, 2.45) is 4.99 Å². The first-order valence-corrected chi connectivity index (χ1v) is 10.6. The van der Waals surface area contributed by atoms with Crippen molar-refractivity contribution in [1.29, 1.82) is 0 Å². The fraction of sp³-hybridized carbons (Fsp3) is 0.200. The Labute approximate surface area is 189 Å². The number of ether oxygens (including phenoxy) is 2. The molecular formula is C25H21F2N3O3. The lowest BCUT2D eigenvalue weighted by Gasteiger charge is -2.36. The maximum atomic E-state index is 14.1. The highest BCUT2D eigenvalue weighted by molar-refractivity contribution is 6.04. The molecule has 0 aliphatic carbocycles. The van der Waals surface area contributed by atoms with Crippen LogP contribution in [0.15, 0.2) is 65.7 Å². The van der Waals surface area contributed by atoms with Crippen molar-refractivity contribution in [3.63, 3.8) is 0 Å². The second-order valence-corrected chi connectivity index (χ2v) is 7.77. The van der Waals surface area contributed by atoms with Crippen LogP contribution < -0.4 is 9.47 Å².